The highest BCUT2D eigenvalue weighted by molar-refractivity contribution is 5.89. The van der Waals surface area contributed by atoms with Crippen molar-refractivity contribution in [2.24, 2.45) is 0 Å². The quantitative estimate of drug-likeness (QED) is 0.839. The minimum Gasteiger partial charge on any atom is -0.467 e. The zero-order valence-electron chi connectivity index (χ0n) is 11.1. The number of carbonyl (C=O) groups is 1. The van der Waals surface area contributed by atoms with Crippen molar-refractivity contribution in [1.82, 2.24) is 4.90 Å². The number of urea groups is 1. The van der Waals surface area contributed by atoms with Gasteiger partial charge in [-0.2, -0.15) is 0 Å². The van der Waals surface area contributed by atoms with Gasteiger partial charge in [0.05, 0.1) is 12.8 Å². The molecule has 3 rings (SSSR count). The minimum absolute atomic E-state index is 0.103. The average molecular weight is 271 g/mol. The lowest BCUT2D eigenvalue weighted by atomic mass is 10.3. The molecular weight excluding hydrogens is 254 g/mol. The van der Waals surface area contributed by atoms with Crippen LogP contribution in [0.25, 0.3) is 0 Å². The summed E-state index contributed by atoms with van der Waals surface area (Å²) in [6.07, 6.45) is 3.73. The number of nitrogen functional groups attached to an aromatic ring is 1. The Bertz CT molecular complexity index is 574. The molecule has 20 heavy (non-hydrogen) atoms. The third-order valence-electron chi connectivity index (χ3n) is 3.32. The van der Waals surface area contributed by atoms with E-state index < -0.39 is 0 Å². The maximum absolute atomic E-state index is 12.3. The van der Waals surface area contributed by atoms with Crippen LogP contribution in [0.5, 0.6) is 0 Å². The molecule has 2 amide bonds. The fourth-order valence-electron chi connectivity index (χ4n) is 2.09. The van der Waals surface area contributed by atoms with Crippen molar-refractivity contribution in [1.29, 1.82) is 0 Å². The van der Waals surface area contributed by atoms with E-state index in [0.717, 1.165) is 24.3 Å². The van der Waals surface area contributed by atoms with Crippen LogP contribution in [0.1, 0.15) is 18.6 Å². The lowest BCUT2D eigenvalue weighted by Crippen LogP contribution is -2.36. The van der Waals surface area contributed by atoms with Gasteiger partial charge in [-0.1, -0.05) is 0 Å². The van der Waals surface area contributed by atoms with Crippen molar-refractivity contribution < 1.29 is 9.21 Å². The second-order valence-electron chi connectivity index (χ2n) is 4.99. The molecule has 1 aliphatic rings. The molecule has 1 fully saturated rings. The monoisotopic (exact) mass is 271 g/mol. The summed E-state index contributed by atoms with van der Waals surface area (Å²) in [4.78, 5) is 14.2. The molecule has 0 bridgehead atoms. The average Bonchev–Trinajstić information content (AvgIpc) is 3.15. The summed E-state index contributed by atoms with van der Waals surface area (Å²) < 4.78 is 5.32. The van der Waals surface area contributed by atoms with Crippen LogP contribution in [0, 0.1) is 0 Å². The third kappa shape index (κ3) is 2.93. The molecule has 0 aliphatic heterocycles. The number of hydrogen-bond donors (Lipinski definition) is 2. The smallest absolute Gasteiger partial charge is 0.322 e. The predicted octanol–water partition coefficient (Wildman–Crippen LogP) is 3.06. The van der Waals surface area contributed by atoms with Crippen molar-refractivity contribution in [2.45, 2.75) is 25.4 Å². The number of nitrogens with zero attached hydrogens (tertiary/aromatic N) is 1. The van der Waals surface area contributed by atoms with E-state index in [9.17, 15) is 4.79 Å². The maximum Gasteiger partial charge on any atom is 0.322 e. The van der Waals surface area contributed by atoms with Crippen LogP contribution in [0.15, 0.2) is 47.1 Å². The Morgan fingerprint density at radius 1 is 1.30 bits per heavy atom. The van der Waals surface area contributed by atoms with Crippen LogP contribution in [0.4, 0.5) is 16.2 Å². The Hall–Kier alpha value is -2.43. The fourth-order valence-corrected chi connectivity index (χ4v) is 2.09. The van der Waals surface area contributed by atoms with E-state index in [-0.39, 0.29) is 6.03 Å². The zero-order valence-corrected chi connectivity index (χ0v) is 11.1. The molecule has 1 heterocycles. The molecule has 0 radical (unpaired) electrons. The van der Waals surface area contributed by atoms with Gasteiger partial charge in [0.2, 0.25) is 0 Å². The highest BCUT2D eigenvalue weighted by atomic mass is 16.3. The van der Waals surface area contributed by atoms with Gasteiger partial charge in [0.15, 0.2) is 0 Å². The molecule has 1 saturated carbocycles. The van der Waals surface area contributed by atoms with Gasteiger partial charge >= 0.3 is 6.03 Å². The molecule has 2 aromatic rings. The first-order valence-electron chi connectivity index (χ1n) is 6.68. The molecule has 104 valence electrons. The van der Waals surface area contributed by atoms with E-state index in [1.807, 2.05) is 17.0 Å². The minimum atomic E-state index is -0.103. The van der Waals surface area contributed by atoms with Gasteiger partial charge < -0.3 is 20.4 Å². The number of amides is 2. The summed E-state index contributed by atoms with van der Waals surface area (Å²) in [6.45, 7) is 0.498. The second kappa shape index (κ2) is 5.28. The molecule has 3 N–H and O–H groups in total. The first-order chi connectivity index (χ1) is 9.72. The van der Waals surface area contributed by atoms with Crippen molar-refractivity contribution in [3.63, 3.8) is 0 Å². The summed E-state index contributed by atoms with van der Waals surface area (Å²) in [6, 6.07) is 11.1. The normalized spacial score (nSPS) is 14.0. The molecule has 0 saturated heterocycles. The molecule has 5 heteroatoms. The SMILES string of the molecule is Nc1ccc(NC(=O)N(Cc2ccco2)C2CC2)cc1. The number of anilines is 2. The summed E-state index contributed by atoms with van der Waals surface area (Å²) in [5.41, 5.74) is 7.05. The molecule has 0 spiro atoms. The molecule has 1 aromatic carbocycles. The Morgan fingerprint density at radius 3 is 2.65 bits per heavy atom. The first-order valence-corrected chi connectivity index (χ1v) is 6.68. The number of furan rings is 1. The van der Waals surface area contributed by atoms with Crippen LogP contribution < -0.4 is 11.1 Å². The molecule has 0 atom stereocenters. The highest BCUT2D eigenvalue weighted by Gasteiger charge is 2.33. The number of nitrogens with one attached hydrogen (secondary N) is 1. The second-order valence-corrected chi connectivity index (χ2v) is 4.99. The molecule has 1 aromatic heterocycles. The van der Waals surface area contributed by atoms with Gasteiger partial charge in [0.1, 0.15) is 5.76 Å². The van der Waals surface area contributed by atoms with E-state index in [4.69, 9.17) is 10.2 Å². The van der Waals surface area contributed by atoms with Crippen molar-refractivity contribution in [3.05, 3.63) is 48.4 Å². The van der Waals surface area contributed by atoms with Crippen LogP contribution >= 0.6 is 0 Å². The van der Waals surface area contributed by atoms with Crippen LogP contribution in [-0.2, 0) is 6.54 Å². The van der Waals surface area contributed by atoms with Crippen molar-refractivity contribution >= 4 is 17.4 Å². The Labute approximate surface area is 117 Å². The molecule has 5 nitrogen and oxygen atoms in total. The predicted molar refractivity (Wildman–Crippen MR) is 77.1 cm³/mol. The highest BCUT2D eigenvalue weighted by Crippen LogP contribution is 2.29. The fraction of sp³-hybridized carbons (Fsp3) is 0.267. The number of benzene rings is 1. The van der Waals surface area contributed by atoms with Gasteiger partial charge in [-0.3, -0.25) is 0 Å². The number of rotatable bonds is 4. The summed E-state index contributed by atoms with van der Waals surface area (Å²) in [5, 5.41) is 2.89. The van der Waals surface area contributed by atoms with E-state index in [2.05, 4.69) is 5.32 Å². The zero-order chi connectivity index (χ0) is 13.9. The van der Waals surface area contributed by atoms with Crippen molar-refractivity contribution in [3.8, 4) is 0 Å². The Kier molecular flexibility index (Phi) is 3.33. The standard InChI is InChI=1S/C15H17N3O2/c16-11-3-5-12(6-4-11)17-15(19)18(13-7-8-13)10-14-2-1-9-20-14/h1-6,9,13H,7-8,10,16H2,(H,17,19). The van der Waals surface area contributed by atoms with Crippen molar-refractivity contribution in [2.75, 3.05) is 11.1 Å². The van der Waals surface area contributed by atoms with E-state index in [1.54, 1.807) is 30.5 Å². The number of carbonyl (C=O) groups excluding carboxylic acids is 1. The van der Waals surface area contributed by atoms with E-state index in [0.29, 0.717) is 18.3 Å². The lowest BCUT2D eigenvalue weighted by Gasteiger charge is -2.21. The number of nitrogens with two attached hydrogens (primary N) is 1. The number of hydrogen-bond acceptors (Lipinski definition) is 3. The largest absolute Gasteiger partial charge is 0.467 e. The van der Waals surface area contributed by atoms with E-state index >= 15 is 0 Å². The first kappa shape index (κ1) is 12.6. The van der Waals surface area contributed by atoms with Gasteiger partial charge in [0.25, 0.3) is 0 Å². The van der Waals surface area contributed by atoms with Crippen LogP contribution in [0.2, 0.25) is 0 Å². The van der Waals surface area contributed by atoms with Gasteiger partial charge in [-0.05, 0) is 49.2 Å². The Morgan fingerprint density at radius 2 is 2.05 bits per heavy atom. The topological polar surface area (TPSA) is 71.5 Å². The Balaban J connectivity index is 1.67. The molecule has 0 unspecified atom stereocenters. The maximum atomic E-state index is 12.3. The lowest BCUT2D eigenvalue weighted by molar-refractivity contribution is 0.201. The van der Waals surface area contributed by atoms with Gasteiger partial charge in [0, 0.05) is 17.4 Å². The molecule has 1 aliphatic carbocycles. The van der Waals surface area contributed by atoms with E-state index in [1.165, 1.54) is 0 Å². The van der Waals surface area contributed by atoms with Gasteiger partial charge in [-0.25, -0.2) is 4.79 Å². The van der Waals surface area contributed by atoms with Crippen LogP contribution in [0.3, 0.4) is 0 Å². The van der Waals surface area contributed by atoms with Gasteiger partial charge in [-0.15, -0.1) is 0 Å². The van der Waals surface area contributed by atoms with Crippen LogP contribution in [-0.4, -0.2) is 17.0 Å². The third-order valence-corrected chi connectivity index (χ3v) is 3.32. The summed E-state index contributed by atoms with van der Waals surface area (Å²) >= 11 is 0. The molecular formula is C15H17N3O2. The summed E-state index contributed by atoms with van der Waals surface area (Å²) in [7, 11) is 0. The summed E-state index contributed by atoms with van der Waals surface area (Å²) in [5.74, 6) is 0.796.